The van der Waals surface area contributed by atoms with Crippen molar-refractivity contribution in [3.8, 4) is 17.1 Å². The maximum absolute atomic E-state index is 4.77. The topological polar surface area (TPSA) is 30.2 Å². The van der Waals surface area contributed by atoms with Crippen LogP contribution in [-0.4, -0.2) is 8.94 Å². The molecule has 0 atom stereocenters. The van der Waals surface area contributed by atoms with E-state index < -0.39 is 0 Å². The molecule has 4 heteroatoms. The lowest BCUT2D eigenvalue weighted by Crippen LogP contribution is -1.96. The Morgan fingerprint density at radius 2 is 1.29 bits per heavy atom. The number of para-hydroxylation sites is 2. The quantitative estimate of drug-likeness (QED) is 0.529. The normalized spacial score (nSPS) is 11.6. The lowest BCUT2D eigenvalue weighted by atomic mass is 10.2. The highest BCUT2D eigenvalue weighted by Crippen LogP contribution is 2.22. The van der Waals surface area contributed by atoms with Crippen LogP contribution in [0.4, 0.5) is 5.69 Å². The first kappa shape index (κ1) is 14.6. The number of benzene rings is 3. The molecule has 0 spiro atoms. The molecule has 0 unspecified atom stereocenters. The van der Waals surface area contributed by atoms with Gasteiger partial charge in [0.25, 0.3) is 0 Å². The van der Waals surface area contributed by atoms with E-state index in [4.69, 9.17) is 4.98 Å². The van der Waals surface area contributed by atoms with E-state index in [0.29, 0.717) is 0 Å². The van der Waals surface area contributed by atoms with Crippen molar-refractivity contribution in [2.24, 2.45) is 4.99 Å². The second kappa shape index (κ2) is 6.64. The number of hydrogen-bond acceptors (Lipinski definition) is 3. The summed E-state index contributed by atoms with van der Waals surface area (Å²) in [4.78, 5) is 10.2. The molecular formula is C20H15N3S. The summed E-state index contributed by atoms with van der Waals surface area (Å²) >= 11 is 1.54. The summed E-state index contributed by atoms with van der Waals surface area (Å²) in [6.07, 6.45) is 0. The fraction of sp³-hybridized carbons (Fsp3) is 0. The van der Waals surface area contributed by atoms with Crippen molar-refractivity contribution >= 4 is 17.2 Å². The summed E-state index contributed by atoms with van der Waals surface area (Å²) < 4.78 is 2.12. The number of hydrogen-bond donors (Lipinski definition) is 0. The van der Waals surface area contributed by atoms with Crippen LogP contribution in [0.25, 0.3) is 17.1 Å². The molecular weight excluding hydrogens is 314 g/mol. The van der Waals surface area contributed by atoms with Gasteiger partial charge in [0.15, 0.2) is 5.82 Å². The summed E-state index contributed by atoms with van der Waals surface area (Å²) in [6.45, 7) is 0. The zero-order valence-electron chi connectivity index (χ0n) is 12.9. The number of nitrogens with zero attached hydrogens (tertiary/aromatic N) is 3. The molecule has 0 aliphatic carbocycles. The van der Waals surface area contributed by atoms with Crippen LogP contribution in [0, 0.1) is 0 Å². The van der Waals surface area contributed by atoms with E-state index in [-0.39, 0.29) is 0 Å². The minimum absolute atomic E-state index is 0.740. The van der Waals surface area contributed by atoms with Crippen LogP contribution in [0.5, 0.6) is 0 Å². The van der Waals surface area contributed by atoms with Crippen LogP contribution in [0.1, 0.15) is 0 Å². The molecule has 116 valence electrons. The van der Waals surface area contributed by atoms with Gasteiger partial charge in [0.05, 0.1) is 11.4 Å². The molecule has 0 aliphatic heterocycles. The van der Waals surface area contributed by atoms with Gasteiger partial charge in [-0.05, 0) is 35.8 Å². The van der Waals surface area contributed by atoms with Gasteiger partial charge in [0, 0.05) is 5.56 Å². The maximum Gasteiger partial charge on any atom is 0.228 e. The number of aromatic nitrogens is 2. The molecule has 0 bridgehead atoms. The van der Waals surface area contributed by atoms with Gasteiger partial charge in [-0.1, -0.05) is 66.7 Å². The summed E-state index contributed by atoms with van der Waals surface area (Å²) in [5.74, 6) is 0.904. The molecule has 3 nitrogen and oxygen atoms in total. The molecule has 0 radical (unpaired) electrons. The Kier molecular flexibility index (Phi) is 4.04. The highest BCUT2D eigenvalue weighted by atomic mass is 32.1. The van der Waals surface area contributed by atoms with E-state index >= 15 is 0 Å². The van der Waals surface area contributed by atoms with E-state index in [1.807, 2.05) is 66.7 Å². The van der Waals surface area contributed by atoms with E-state index in [1.165, 1.54) is 0 Å². The van der Waals surface area contributed by atoms with Gasteiger partial charge >= 0.3 is 0 Å². The van der Waals surface area contributed by atoms with Crippen LogP contribution in [0.2, 0.25) is 0 Å². The van der Waals surface area contributed by atoms with E-state index in [2.05, 4.69) is 33.2 Å². The second-order valence-electron chi connectivity index (χ2n) is 5.25. The Hall–Kier alpha value is -2.98. The molecule has 4 aromatic rings. The smallest absolute Gasteiger partial charge is 0.228 e. The monoisotopic (exact) mass is 329 g/mol. The third-order valence-electron chi connectivity index (χ3n) is 3.57. The average molecular weight is 329 g/mol. The molecule has 0 aliphatic rings. The summed E-state index contributed by atoms with van der Waals surface area (Å²) in [5, 5.41) is 0. The van der Waals surface area contributed by atoms with Crippen molar-refractivity contribution in [1.82, 2.24) is 8.94 Å². The maximum atomic E-state index is 4.77. The van der Waals surface area contributed by atoms with E-state index in [9.17, 15) is 0 Å². The third kappa shape index (κ3) is 3.05. The Morgan fingerprint density at radius 3 is 1.96 bits per heavy atom. The van der Waals surface area contributed by atoms with Crippen LogP contribution in [0.15, 0.2) is 96.0 Å². The summed E-state index contributed by atoms with van der Waals surface area (Å²) in [6, 6.07) is 30.4. The van der Waals surface area contributed by atoms with Gasteiger partial charge in [0.1, 0.15) is 0 Å². The Labute approximate surface area is 144 Å². The molecule has 0 N–H and O–H groups in total. The summed E-state index contributed by atoms with van der Waals surface area (Å²) in [5.41, 5.74) is 3.07. The van der Waals surface area contributed by atoms with E-state index in [0.717, 1.165) is 27.6 Å². The molecule has 1 heterocycles. The van der Waals surface area contributed by atoms with Crippen molar-refractivity contribution in [1.29, 1.82) is 0 Å². The SMILES string of the molecule is c1ccc(N=c2nc(-c3ccccc3)n(-c3ccccc3)s2)cc1. The van der Waals surface area contributed by atoms with Crippen molar-refractivity contribution in [3.05, 3.63) is 95.8 Å². The van der Waals surface area contributed by atoms with Crippen molar-refractivity contribution < 1.29 is 0 Å². The molecule has 0 amide bonds. The molecule has 0 saturated carbocycles. The average Bonchev–Trinajstić information content (AvgIpc) is 3.08. The van der Waals surface area contributed by atoms with E-state index in [1.54, 1.807) is 11.5 Å². The highest BCUT2D eigenvalue weighted by molar-refractivity contribution is 7.04. The first-order chi connectivity index (χ1) is 11.9. The molecule has 3 aromatic carbocycles. The minimum Gasteiger partial charge on any atom is -0.246 e. The molecule has 1 aromatic heterocycles. The van der Waals surface area contributed by atoms with Crippen LogP contribution < -0.4 is 4.80 Å². The van der Waals surface area contributed by atoms with Gasteiger partial charge in [-0.15, -0.1) is 0 Å². The fourth-order valence-corrected chi connectivity index (χ4v) is 3.34. The number of rotatable bonds is 3. The van der Waals surface area contributed by atoms with Gasteiger partial charge in [-0.25, -0.2) is 8.95 Å². The van der Waals surface area contributed by atoms with Crippen LogP contribution >= 0.6 is 11.5 Å². The first-order valence-electron chi connectivity index (χ1n) is 7.71. The van der Waals surface area contributed by atoms with Crippen molar-refractivity contribution in [2.75, 3.05) is 0 Å². The zero-order valence-corrected chi connectivity index (χ0v) is 13.7. The van der Waals surface area contributed by atoms with Crippen molar-refractivity contribution in [2.45, 2.75) is 0 Å². The minimum atomic E-state index is 0.740. The lowest BCUT2D eigenvalue weighted by molar-refractivity contribution is 1.12. The van der Waals surface area contributed by atoms with Gasteiger partial charge in [0.2, 0.25) is 4.80 Å². The predicted molar refractivity (Wildman–Crippen MR) is 98.5 cm³/mol. The van der Waals surface area contributed by atoms with Gasteiger partial charge in [-0.2, -0.15) is 4.98 Å². The fourth-order valence-electron chi connectivity index (χ4n) is 2.45. The zero-order chi connectivity index (χ0) is 16.2. The molecule has 0 saturated heterocycles. The predicted octanol–water partition coefficient (Wildman–Crippen LogP) is 4.83. The second-order valence-corrected chi connectivity index (χ2v) is 6.17. The Balaban J connectivity index is 1.90. The Bertz CT molecular complexity index is 927. The van der Waals surface area contributed by atoms with Crippen LogP contribution in [0.3, 0.4) is 0 Å². The van der Waals surface area contributed by atoms with Crippen LogP contribution in [-0.2, 0) is 0 Å². The largest absolute Gasteiger partial charge is 0.246 e. The molecule has 0 fully saturated rings. The molecule has 4 rings (SSSR count). The van der Waals surface area contributed by atoms with Gasteiger partial charge in [-0.3, -0.25) is 0 Å². The Morgan fingerprint density at radius 1 is 0.708 bits per heavy atom. The summed E-state index contributed by atoms with van der Waals surface area (Å²) in [7, 11) is 0. The lowest BCUT2D eigenvalue weighted by Gasteiger charge is -2.05. The highest BCUT2D eigenvalue weighted by Gasteiger charge is 2.10. The van der Waals surface area contributed by atoms with Gasteiger partial charge < -0.3 is 0 Å². The van der Waals surface area contributed by atoms with Crippen molar-refractivity contribution in [3.63, 3.8) is 0 Å². The standard InChI is InChI=1S/C20H15N3S/c1-4-10-16(11-5-1)19-22-20(21-17-12-6-2-7-13-17)24-23(19)18-14-8-3-9-15-18/h1-15H. The molecule has 24 heavy (non-hydrogen) atoms. The third-order valence-corrected chi connectivity index (χ3v) is 4.48. The first-order valence-corrected chi connectivity index (χ1v) is 8.48.